The molecule has 2 aromatic carbocycles. The molecule has 0 saturated heterocycles. The first kappa shape index (κ1) is 12.9. The quantitative estimate of drug-likeness (QED) is 0.585. The zero-order valence-electron chi connectivity index (χ0n) is 11.0. The number of fused-ring (bicyclic) bond motifs is 1. The summed E-state index contributed by atoms with van der Waals surface area (Å²) < 4.78 is 11.0. The third-order valence-electron chi connectivity index (χ3n) is 2.88. The van der Waals surface area contributed by atoms with Gasteiger partial charge in [-0.3, -0.25) is 0 Å². The SMILES string of the molecule is COc1ccccc1SCc1nc2ccc(N)cc2o1. The zero-order valence-corrected chi connectivity index (χ0v) is 11.8. The molecule has 0 amide bonds. The van der Waals surface area contributed by atoms with Gasteiger partial charge in [-0.2, -0.15) is 0 Å². The first-order chi connectivity index (χ1) is 9.76. The van der Waals surface area contributed by atoms with Crippen LogP contribution >= 0.6 is 11.8 Å². The molecular formula is C15H14N2O2S. The number of anilines is 1. The minimum absolute atomic E-state index is 0.648. The lowest BCUT2D eigenvalue weighted by atomic mass is 10.3. The van der Waals surface area contributed by atoms with Crippen LogP contribution in [0.4, 0.5) is 5.69 Å². The van der Waals surface area contributed by atoms with Gasteiger partial charge in [0.25, 0.3) is 0 Å². The molecular weight excluding hydrogens is 272 g/mol. The lowest BCUT2D eigenvalue weighted by Crippen LogP contribution is -1.86. The van der Waals surface area contributed by atoms with Crippen molar-refractivity contribution in [1.29, 1.82) is 0 Å². The second-order valence-electron chi connectivity index (χ2n) is 4.27. The molecule has 2 N–H and O–H groups in total. The van der Waals surface area contributed by atoms with Crippen molar-refractivity contribution in [2.75, 3.05) is 12.8 Å². The highest BCUT2D eigenvalue weighted by molar-refractivity contribution is 7.98. The Hall–Kier alpha value is -2.14. The van der Waals surface area contributed by atoms with Crippen LogP contribution in [0, 0.1) is 0 Å². The van der Waals surface area contributed by atoms with Crippen molar-refractivity contribution in [3.8, 4) is 5.75 Å². The molecule has 3 rings (SSSR count). The number of aromatic nitrogens is 1. The van der Waals surface area contributed by atoms with Gasteiger partial charge in [0.2, 0.25) is 5.89 Å². The smallest absolute Gasteiger partial charge is 0.205 e. The molecule has 4 nitrogen and oxygen atoms in total. The van der Waals surface area contributed by atoms with Crippen LogP contribution in [0.1, 0.15) is 5.89 Å². The lowest BCUT2D eigenvalue weighted by Gasteiger charge is -2.05. The van der Waals surface area contributed by atoms with Crippen LogP contribution in [0.15, 0.2) is 51.8 Å². The van der Waals surface area contributed by atoms with Crippen LogP contribution in [0.25, 0.3) is 11.1 Å². The zero-order chi connectivity index (χ0) is 13.9. The van der Waals surface area contributed by atoms with Crippen molar-refractivity contribution in [3.63, 3.8) is 0 Å². The van der Waals surface area contributed by atoms with E-state index in [9.17, 15) is 0 Å². The highest BCUT2D eigenvalue weighted by Gasteiger charge is 2.08. The summed E-state index contributed by atoms with van der Waals surface area (Å²) in [7, 11) is 1.67. The van der Waals surface area contributed by atoms with Crippen molar-refractivity contribution in [2.24, 2.45) is 0 Å². The van der Waals surface area contributed by atoms with Gasteiger partial charge in [-0.05, 0) is 24.3 Å². The van der Waals surface area contributed by atoms with Gasteiger partial charge in [-0.25, -0.2) is 4.98 Å². The molecule has 20 heavy (non-hydrogen) atoms. The number of hydrogen-bond acceptors (Lipinski definition) is 5. The van der Waals surface area contributed by atoms with Crippen LogP contribution in [-0.4, -0.2) is 12.1 Å². The first-order valence-corrected chi connectivity index (χ1v) is 7.15. The van der Waals surface area contributed by atoms with Gasteiger partial charge < -0.3 is 14.9 Å². The molecule has 0 atom stereocenters. The van der Waals surface area contributed by atoms with Gasteiger partial charge in [0.1, 0.15) is 11.3 Å². The fourth-order valence-corrected chi connectivity index (χ4v) is 2.80. The molecule has 0 fully saturated rings. The fourth-order valence-electron chi connectivity index (χ4n) is 1.93. The van der Waals surface area contributed by atoms with E-state index in [1.807, 2.05) is 36.4 Å². The summed E-state index contributed by atoms with van der Waals surface area (Å²) >= 11 is 1.63. The number of benzene rings is 2. The topological polar surface area (TPSA) is 61.3 Å². The number of hydrogen-bond donors (Lipinski definition) is 1. The van der Waals surface area contributed by atoms with E-state index in [-0.39, 0.29) is 0 Å². The summed E-state index contributed by atoms with van der Waals surface area (Å²) in [6.07, 6.45) is 0. The molecule has 0 spiro atoms. The normalized spacial score (nSPS) is 10.8. The van der Waals surface area contributed by atoms with Crippen LogP contribution < -0.4 is 10.5 Å². The summed E-state index contributed by atoms with van der Waals surface area (Å²) in [4.78, 5) is 5.51. The summed E-state index contributed by atoms with van der Waals surface area (Å²) in [6, 6.07) is 13.4. The van der Waals surface area contributed by atoms with E-state index in [0.717, 1.165) is 21.7 Å². The fraction of sp³-hybridized carbons (Fsp3) is 0.133. The Labute approximate surface area is 120 Å². The van der Waals surface area contributed by atoms with E-state index in [1.165, 1.54) is 0 Å². The van der Waals surface area contributed by atoms with Crippen LogP contribution in [0.2, 0.25) is 0 Å². The predicted molar refractivity (Wildman–Crippen MR) is 81.0 cm³/mol. The van der Waals surface area contributed by atoms with Crippen molar-refractivity contribution >= 4 is 28.5 Å². The Morgan fingerprint density at radius 2 is 2.10 bits per heavy atom. The minimum atomic E-state index is 0.648. The van der Waals surface area contributed by atoms with Crippen LogP contribution in [-0.2, 0) is 5.75 Å². The summed E-state index contributed by atoms with van der Waals surface area (Å²) in [5, 5.41) is 0. The number of rotatable bonds is 4. The van der Waals surface area contributed by atoms with Crippen molar-refractivity contribution < 1.29 is 9.15 Å². The number of para-hydroxylation sites is 1. The second-order valence-corrected chi connectivity index (χ2v) is 5.29. The average molecular weight is 286 g/mol. The Kier molecular flexibility index (Phi) is 3.52. The molecule has 0 bridgehead atoms. The minimum Gasteiger partial charge on any atom is -0.496 e. The van der Waals surface area contributed by atoms with Crippen molar-refractivity contribution in [3.05, 3.63) is 48.4 Å². The molecule has 0 aliphatic rings. The van der Waals surface area contributed by atoms with Gasteiger partial charge in [-0.15, -0.1) is 11.8 Å². The van der Waals surface area contributed by atoms with E-state index >= 15 is 0 Å². The molecule has 0 saturated carbocycles. The Morgan fingerprint density at radius 1 is 1.25 bits per heavy atom. The number of nitrogens with zero attached hydrogens (tertiary/aromatic N) is 1. The number of ether oxygens (including phenoxy) is 1. The summed E-state index contributed by atoms with van der Waals surface area (Å²) in [6.45, 7) is 0. The average Bonchev–Trinajstić information content (AvgIpc) is 2.87. The summed E-state index contributed by atoms with van der Waals surface area (Å²) in [5.41, 5.74) is 7.96. The molecule has 0 aliphatic carbocycles. The number of methoxy groups -OCH3 is 1. The largest absolute Gasteiger partial charge is 0.496 e. The van der Waals surface area contributed by atoms with Crippen molar-refractivity contribution in [1.82, 2.24) is 4.98 Å². The standard InChI is InChI=1S/C15H14N2O2S/c1-18-12-4-2-3-5-14(12)20-9-15-17-11-7-6-10(16)8-13(11)19-15/h2-8H,9,16H2,1H3. The predicted octanol–water partition coefficient (Wildman–Crippen LogP) is 3.71. The number of oxazole rings is 1. The monoisotopic (exact) mass is 286 g/mol. The first-order valence-electron chi connectivity index (χ1n) is 6.17. The summed E-state index contributed by atoms with van der Waals surface area (Å²) in [5.74, 6) is 2.19. The Bertz CT molecular complexity index is 740. The van der Waals surface area contributed by atoms with Gasteiger partial charge in [-0.1, -0.05) is 12.1 Å². The molecule has 3 aromatic rings. The third-order valence-corrected chi connectivity index (χ3v) is 3.92. The van der Waals surface area contributed by atoms with E-state index < -0.39 is 0 Å². The van der Waals surface area contributed by atoms with Gasteiger partial charge >= 0.3 is 0 Å². The maximum atomic E-state index is 5.73. The third kappa shape index (κ3) is 2.58. The maximum Gasteiger partial charge on any atom is 0.205 e. The molecule has 102 valence electrons. The van der Waals surface area contributed by atoms with Crippen LogP contribution in [0.3, 0.4) is 0 Å². The van der Waals surface area contributed by atoms with E-state index in [2.05, 4.69) is 4.98 Å². The lowest BCUT2D eigenvalue weighted by molar-refractivity contribution is 0.405. The molecule has 1 aromatic heterocycles. The Balaban J connectivity index is 1.79. The van der Waals surface area contributed by atoms with Crippen molar-refractivity contribution in [2.45, 2.75) is 10.6 Å². The molecule has 5 heteroatoms. The van der Waals surface area contributed by atoms with E-state index in [0.29, 0.717) is 17.3 Å². The highest BCUT2D eigenvalue weighted by atomic mass is 32.2. The highest BCUT2D eigenvalue weighted by Crippen LogP contribution is 2.31. The second kappa shape index (κ2) is 5.46. The molecule has 0 radical (unpaired) electrons. The van der Waals surface area contributed by atoms with Gasteiger partial charge in [0.15, 0.2) is 5.58 Å². The van der Waals surface area contributed by atoms with E-state index in [4.69, 9.17) is 14.9 Å². The number of nitrogen functional groups attached to an aromatic ring is 1. The van der Waals surface area contributed by atoms with Gasteiger partial charge in [0.05, 0.1) is 12.9 Å². The van der Waals surface area contributed by atoms with Gasteiger partial charge in [0, 0.05) is 16.6 Å². The Morgan fingerprint density at radius 3 is 2.95 bits per heavy atom. The molecule has 0 aliphatic heterocycles. The maximum absolute atomic E-state index is 5.73. The van der Waals surface area contributed by atoms with Crippen LogP contribution in [0.5, 0.6) is 5.75 Å². The van der Waals surface area contributed by atoms with E-state index in [1.54, 1.807) is 24.9 Å². The molecule has 0 unspecified atom stereocenters. The number of nitrogens with two attached hydrogens (primary N) is 1. The number of thioether (sulfide) groups is 1. The molecule has 1 heterocycles.